The molecule has 38 heavy (non-hydrogen) atoms. The van der Waals surface area contributed by atoms with Crippen molar-refractivity contribution in [3.05, 3.63) is 53.1 Å². The Balaban J connectivity index is 1.17. The van der Waals surface area contributed by atoms with Gasteiger partial charge >= 0.3 is 18.6 Å². The number of ether oxygens (including phenoxy) is 2. The Morgan fingerprint density at radius 2 is 1.58 bits per heavy atom. The van der Waals surface area contributed by atoms with Crippen LogP contribution in [0.3, 0.4) is 0 Å². The number of amides is 2. The number of aromatic nitrogens is 3. The second kappa shape index (κ2) is 9.36. The lowest BCUT2D eigenvalue weighted by atomic mass is 10.0. The van der Waals surface area contributed by atoms with Crippen molar-refractivity contribution in [3.63, 3.8) is 0 Å². The van der Waals surface area contributed by atoms with Gasteiger partial charge in [-0.25, -0.2) is 4.79 Å². The van der Waals surface area contributed by atoms with Gasteiger partial charge in [-0.3, -0.25) is 9.89 Å². The van der Waals surface area contributed by atoms with Crippen molar-refractivity contribution in [1.29, 1.82) is 0 Å². The minimum atomic E-state index is -4.81. The molecule has 5 rings (SSSR count). The molecule has 2 aliphatic rings. The van der Waals surface area contributed by atoms with E-state index in [9.17, 15) is 35.9 Å². The average molecular weight is 543 g/mol. The predicted molar refractivity (Wildman–Crippen MR) is 117 cm³/mol. The molecule has 2 amide bonds. The second-order valence-corrected chi connectivity index (χ2v) is 9.11. The Labute approximate surface area is 210 Å². The Kier molecular flexibility index (Phi) is 6.31. The number of nitrogens with zero attached hydrogens (tertiary/aromatic N) is 4. The van der Waals surface area contributed by atoms with Crippen LogP contribution >= 0.6 is 0 Å². The van der Waals surface area contributed by atoms with E-state index in [0.29, 0.717) is 5.56 Å². The van der Waals surface area contributed by atoms with E-state index in [1.807, 2.05) is 0 Å². The van der Waals surface area contributed by atoms with E-state index >= 15 is 0 Å². The summed E-state index contributed by atoms with van der Waals surface area (Å²) in [6, 6.07) is 6.77. The first-order chi connectivity index (χ1) is 17.9. The van der Waals surface area contributed by atoms with E-state index in [0.717, 1.165) is 24.3 Å². The van der Waals surface area contributed by atoms with E-state index in [-0.39, 0.29) is 55.7 Å². The van der Waals surface area contributed by atoms with Crippen LogP contribution in [0.25, 0.3) is 11.0 Å². The van der Waals surface area contributed by atoms with Gasteiger partial charge in [0.25, 0.3) is 5.91 Å². The number of hydrogen-bond acceptors (Lipinski definition) is 6. The number of alkyl halides is 6. The number of nitrogens with one attached hydrogen (secondary N) is 1. The van der Waals surface area contributed by atoms with E-state index in [1.165, 1.54) is 21.9 Å². The fraction of sp³-hybridized carbons (Fsp3) is 0.391. The molecule has 1 N–H and O–H groups in total. The first-order valence-corrected chi connectivity index (χ1v) is 11.3. The highest BCUT2D eigenvalue weighted by Gasteiger charge is 2.45. The van der Waals surface area contributed by atoms with Gasteiger partial charge in [0.15, 0.2) is 0 Å². The minimum absolute atomic E-state index is 0.0619. The Morgan fingerprint density at radius 3 is 2.18 bits per heavy atom. The van der Waals surface area contributed by atoms with E-state index in [2.05, 4.69) is 20.1 Å². The van der Waals surface area contributed by atoms with Crippen LogP contribution in [0.2, 0.25) is 0 Å². The van der Waals surface area contributed by atoms with Crippen LogP contribution in [0.1, 0.15) is 21.5 Å². The van der Waals surface area contributed by atoms with Crippen LogP contribution < -0.4 is 4.74 Å². The molecule has 2 fully saturated rings. The van der Waals surface area contributed by atoms with Crippen molar-refractivity contribution in [2.75, 3.05) is 26.2 Å². The average Bonchev–Trinajstić information content (AvgIpc) is 3.55. The maximum Gasteiger partial charge on any atom is 0.573 e. The SMILES string of the molecule is O=C(OCc1ccc(OC(F)(F)F)cc1)N1C[C@@H]2CN(C(=O)c3cc4nn[nH]c4cc3C(F)(F)F)C[C@H]2C1. The number of aromatic amines is 1. The first-order valence-electron chi connectivity index (χ1n) is 11.3. The zero-order valence-corrected chi connectivity index (χ0v) is 19.3. The molecule has 2 saturated heterocycles. The van der Waals surface area contributed by atoms with Crippen molar-refractivity contribution >= 4 is 23.0 Å². The van der Waals surface area contributed by atoms with Gasteiger partial charge in [0.2, 0.25) is 0 Å². The van der Waals surface area contributed by atoms with Gasteiger partial charge < -0.3 is 19.3 Å². The molecule has 15 heteroatoms. The molecular formula is C23H19F6N5O4. The number of fused-ring (bicyclic) bond motifs is 2. The number of carbonyl (C=O) groups is 2. The molecule has 9 nitrogen and oxygen atoms in total. The van der Waals surface area contributed by atoms with Crippen LogP contribution in [-0.2, 0) is 17.5 Å². The van der Waals surface area contributed by atoms with Crippen molar-refractivity contribution in [3.8, 4) is 5.75 Å². The van der Waals surface area contributed by atoms with Crippen LogP contribution in [0.15, 0.2) is 36.4 Å². The number of rotatable bonds is 4. The van der Waals surface area contributed by atoms with Gasteiger partial charge in [-0.15, -0.1) is 18.3 Å². The summed E-state index contributed by atoms with van der Waals surface area (Å²) in [4.78, 5) is 28.4. The monoisotopic (exact) mass is 543 g/mol. The molecular weight excluding hydrogens is 524 g/mol. The van der Waals surface area contributed by atoms with Crippen molar-refractivity contribution in [2.24, 2.45) is 11.8 Å². The van der Waals surface area contributed by atoms with Crippen LogP contribution in [-0.4, -0.2) is 69.8 Å². The van der Waals surface area contributed by atoms with E-state index in [4.69, 9.17) is 4.74 Å². The maximum atomic E-state index is 13.6. The second-order valence-electron chi connectivity index (χ2n) is 9.11. The predicted octanol–water partition coefficient (Wildman–Crippen LogP) is 4.22. The standard InChI is InChI=1S/C23H19F6N5O4/c24-22(25,26)17-6-19-18(30-32-31-19)5-16(17)20(35)33-7-13-9-34(10-14(13)8-33)21(36)37-11-12-1-3-15(4-2-12)38-23(27,28)29/h1-6,13-14H,7-11H2,(H,30,31,32)/t13-,14-/m0/s1. The molecule has 0 bridgehead atoms. The molecule has 0 radical (unpaired) electrons. The summed E-state index contributed by atoms with van der Waals surface area (Å²) in [7, 11) is 0. The molecule has 2 aliphatic heterocycles. The third-order valence-corrected chi connectivity index (χ3v) is 6.55. The van der Waals surface area contributed by atoms with Crippen molar-refractivity contribution in [1.82, 2.24) is 25.2 Å². The summed E-state index contributed by atoms with van der Waals surface area (Å²) in [5.74, 6) is -1.46. The number of H-pyrrole nitrogens is 1. The summed E-state index contributed by atoms with van der Waals surface area (Å²) in [6.07, 6.45) is -10.2. The van der Waals surface area contributed by atoms with Crippen molar-refractivity contribution in [2.45, 2.75) is 19.1 Å². The molecule has 0 aliphatic carbocycles. The third kappa shape index (κ3) is 5.31. The van der Waals surface area contributed by atoms with Gasteiger partial charge in [0.05, 0.1) is 16.6 Å². The largest absolute Gasteiger partial charge is 0.573 e. The maximum absolute atomic E-state index is 13.6. The van der Waals surface area contributed by atoms with Gasteiger partial charge in [0.1, 0.15) is 17.9 Å². The summed E-state index contributed by atoms with van der Waals surface area (Å²) < 4.78 is 86.8. The van der Waals surface area contributed by atoms with E-state index < -0.39 is 41.4 Å². The topological polar surface area (TPSA) is 101 Å². The third-order valence-electron chi connectivity index (χ3n) is 6.55. The fourth-order valence-electron chi connectivity index (χ4n) is 4.81. The van der Waals surface area contributed by atoms with Gasteiger partial charge in [-0.05, 0) is 29.8 Å². The minimum Gasteiger partial charge on any atom is -0.445 e. The number of likely N-dealkylation sites (tertiary alicyclic amines) is 2. The smallest absolute Gasteiger partial charge is 0.445 e. The summed E-state index contributed by atoms with van der Waals surface area (Å²) in [5, 5.41) is 9.55. The van der Waals surface area contributed by atoms with Gasteiger partial charge in [-0.2, -0.15) is 13.2 Å². The molecule has 2 atom stereocenters. The van der Waals surface area contributed by atoms with Crippen LogP contribution in [0, 0.1) is 11.8 Å². The van der Waals surface area contributed by atoms with Crippen molar-refractivity contribution < 1.29 is 45.4 Å². The summed E-state index contributed by atoms with van der Waals surface area (Å²) in [5.41, 5.74) is -0.944. The summed E-state index contributed by atoms with van der Waals surface area (Å²) in [6.45, 7) is 0.663. The molecule has 3 aromatic rings. The Hall–Kier alpha value is -4.04. The highest BCUT2D eigenvalue weighted by molar-refractivity contribution is 5.99. The molecule has 1 aromatic heterocycles. The lowest BCUT2D eigenvalue weighted by molar-refractivity contribution is -0.274. The molecule has 0 unspecified atom stereocenters. The number of halogens is 6. The highest BCUT2D eigenvalue weighted by Crippen LogP contribution is 2.37. The molecule has 2 aromatic carbocycles. The lowest BCUT2D eigenvalue weighted by Crippen LogP contribution is -2.36. The normalized spacial score (nSPS) is 19.6. The molecule has 0 saturated carbocycles. The fourth-order valence-corrected chi connectivity index (χ4v) is 4.81. The van der Waals surface area contributed by atoms with E-state index in [1.54, 1.807) is 0 Å². The molecule has 0 spiro atoms. The van der Waals surface area contributed by atoms with Gasteiger partial charge in [-0.1, -0.05) is 17.3 Å². The van der Waals surface area contributed by atoms with Crippen LogP contribution in [0.5, 0.6) is 5.75 Å². The first kappa shape index (κ1) is 25.6. The molecule has 202 valence electrons. The Bertz CT molecular complexity index is 1340. The number of hydrogen-bond donors (Lipinski definition) is 1. The molecule has 3 heterocycles. The van der Waals surface area contributed by atoms with Gasteiger partial charge in [0, 0.05) is 38.0 Å². The lowest BCUT2D eigenvalue weighted by Gasteiger charge is -2.23. The zero-order valence-electron chi connectivity index (χ0n) is 19.3. The zero-order chi connectivity index (χ0) is 27.2. The highest BCUT2D eigenvalue weighted by atomic mass is 19.4. The Morgan fingerprint density at radius 1 is 0.947 bits per heavy atom. The van der Waals surface area contributed by atoms with Crippen LogP contribution in [0.4, 0.5) is 31.1 Å². The quantitative estimate of drug-likeness (QED) is 0.495. The number of carbonyl (C=O) groups excluding carboxylic acids is 2. The number of benzene rings is 2. The summed E-state index contributed by atoms with van der Waals surface area (Å²) >= 11 is 0.